The number of hydrogen-bond acceptors (Lipinski definition) is 3. The Kier molecular flexibility index (Phi) is 8.38. The van der Waals surface area contributed by atoms with E-state index in [9.17, 15) is 0 Å². The van der Waals surface area contributed by atoms with Gasteiger partial charge in [-0.1, -0.05) is 58.0 Å². The molecule has 48 heavy (non-hydrogen) atoms. The van der Waals surface area contributed by atoms with E-state index >= 15 is 0 Å². The van der Waals surface area contributed by atoms with Gasteiger partial charge in [0.1, 0.15) is 17.3 Å². The summed E-state index contributed by atoms with van der Waals surface area (Å²) in [5, 5.41) is 7.20. The fraction of sp³-hybridized carbons (Fsp3) is 0.256. The minimum atomic E-state index is 0.597. The minimum Gasteiger partial charge on any atom is -0.457 e. The van der Waals surface area contributed by atoms with Gasteiger partial charge in [0.25, 0.3) is 0 Å². The molecular weight excluding hydrogens is 589 g/mol. The Morgan fingerprint density at radius 3 is 2.12 bits per heavy atom. The molecule has 0 bridgehead atoms. The summed E-state index contributed by atoms with van der Waals surface area (Å²) < 4.78 is 10.7. The lowest BCUT2D eigenvalue weighted by atomic mass is 9.85. The molecule has 0 fully saturated rings. The number of pyridine rings is 1. The van der Waals surface area contributed by atoms with Crippen molar-refractivity contribution in [2.45, 2.75) is 61.3 Å². The molecule has 0 atom stereocenters. The van der Waals surface area contributed by atoms with E-state index in [4.69, 9.17) is 14.8 Å². The third kappa shape index (κ3) is 6.01. The summed E-state index contributed by atoms with van der Waals surface area (Å²) in [6.45, 7) is 15.8. The molecule has 0 saturated carbocycles. The van der Waals surface area contributed by atoms with Gasteiger partial charge in [-0.25, -0.2) is 9.67 Å². The number of rotatable bonds is 9. The largest absolute Gasteiger partial charge is 0.457 e. The zero-order valence-corrected chi connectivity index (χ0v) is 29.1. The first-order valence-corrected chi connectivity index (χ1v) is 17.1. The summed E-state index contributed by atoms with van der Waals surface area (Å²) >= 11 is 0. The molecule has 5 heteroatoms. The first kappa shape index (κ1) is 31.4. The van der Waals surface area contributed by atoms with Crippen molar-refractivity contribution >= 4 is 21.8 Å². The van der Waals surface area contributed by atoms with Crippen molar-refractivity contribution in [1.29, 1.82) is 0 Å². The van der Waals surface area contributed by atoms with Gasteiger partial charge in [-0.3, -0.25) is 4.57 Å². The van der Waals surface area contributed by atoms with E-state index in [1.54, 1.807) is 0 Å². The normalized spacial score (nSPS) is 11.8. The molecule has 0 spiro atoms. The van der Waals surface area contributed by atoms with Gasteiger partial charge in [-0.15, -0.1) is 0 Å². The Bertz CT molecular complexity index is 2230. The van der Waals surface area contributed by atoms with E-state index in [1.807, 2.05) is 41.3 Å². The SMILES string of the molecule is Cc1ccnc(-n2c3ccccc3c3ccc(Oc4cccc(-n5cc(-c6c(C)c(CC(C)C)cc(CC(C)C)c6C)cn5)c4)cc32)c1. The molecule has 0 amide bonds. The zero-order valence-electron chi connectivity index (χ0n) is 29.1. The fourth-order valence-electron chi connectivity index (χ4n) is 7.09. The zero-order chi connectivity index (χ0) is 33.5. The second-order valence-corrected chi connectivity index (χ2v) is 14.0. The molecule has 3 heterocycles. The number of para-hydroxylation sites is 1. The molecule has 0 aliphatic heterocycles. The highest BCUT2D eigenvalue weighted by molar-refractivity contribution is 6.09. The Hall–Kier alpha value is -5.16. The predicted molar refractivity (Wildman–Crippen MR) is 199 cm³/mol. The molecule has 7 aromatic rings. The van der Waals surface area contributed by atoms with Crippen LogP contribution in [-0.2, 0) is 12.8 Å². The van der Waals surface area contributed by atoms with Crippen LogP contribution in [0.3, 0.4) is 0 Å². The molecule has 0 aliphatic rings. The number of aryl methyl sites for hydroxylation is 1. The molecule has 5 nitrogen and oxygen atoms in total. The third-order valence-corrected chi connectivity index (χ3v) is 9.28. The summed E-state index contributed by atoms with van der Waals surface area (Å²) in [5.74, 6) is 3.61. The summed E-state index contributed by atoms with van der Waals surface area (Å²) in [6, 6.07) is 29.5. The first-order valence-electron chi connectivity index (χ1n) is 17.1. The fourth-order valence-corrected chi connectivity index (χ4v) is 7.09. The van der Waals surface area contributed by atoms with Crippen molar-refractivity contribution in [3.63, 3.8) is 0 Å². The van der Waals surface area contributed by atoms with Crippen LogP contribution in [0.5, 0.6) is 11.5 Å². The summed E-state index contributed by atoms with van der Waals surface area (Å²) in [5.41, 5.74) is 12.4. The van der Waals surface area contributed by atoms with Crippen molar-refractivity contribution < 1.29 is 4.74 Å². The van der Waals surface area contributed by atoms with Gasteiger partial charge in [-0.05, 0) is 121 Å². The molecule has 0 unspecified atom stereocenters. The van der Waals surface area contributed by atoms with Gasteiger partial charge in [0.05, 0.1) is 22.9 Å². The van der Waals surface area contributed by atoms with Crippen LogP contribution in [0, 0.1) is 32.6 Å². The van der Waals surface area contributed by atoms with Crippen molar-refractivity contribution in [3.05, 3.63) is 131 Å². The van der Waals surface area contributed by atoms with E-state index in [2.05, 4.69) is 120 Å². The van der Waals surface area contributed by atoms with Gasteiger partial charge in [0, 0.05) is 40.9 Å². The lowest BCUT2D eigenvalue weighted by Gasteiger charge is -2.20. The number of aromatic nitrogens is 4. The van der Waals surface area contributed by atoms with E-state index in [1.165, 1.54) is 44.2 Å². The van der Waals surface area contributed by atoms with E-state index in [0.29, 0.717) is 11.8 Å². The highest BCUT2D eigenvalue weighted by Crippen LogP contribution is 2.37. The van der Waals surface area contributed by atoms with Gasteiger partial charge in [0.2, 0.25) is 0 Å². The Balaban J connectivity index is 1.23. The van der Waals surface area contributed by atoms with Crippen molar-refractivity contribution in [2.75, 3.05) is 0 Å². The molecule has 242 valence electrons. The number of fused-ring (bicyclic) bond motifs is 3. The quantitative estimate of drug-likeness (QED) is 0.159. The molecule has 3 aromatic heterocycles. The average molecular weight is 633 g/mol. The molecule has 7 rings (SSSR count). The van der Waals surface area contributed by atoms with Gasteiger partial charge >= 0.3 is 0 Å². The van der Waals surface area contributed by atoms with Crippen LogP contribution in [0.1, 0.15) is 55.5 Å². The second-order valence-electron chi connectivity index (χ2n) is 14.0. The van der Waals surface area contributed by atoms with Crippen molar-refractivity contribution in [2.24, 2.45) is 11.8 Å². The van der Waals surface area contributed by atoms with E-state index in [0.717, 1.165) is 52.4 Å². The van der Waals surface area contributed by atoms with Gasteiger partial charge in [0.15, 0.2) is 0 Å². The first-order chi connectivity index (χ1) is 23.2. The highest BCUT2D eigenvalue weighted by atomic mass is 16.5. The van der Waals surface area contributed by atoms with Crippen LogP contribution in [0.15, 0.2) is 104 Å². The lowest BCUT2D eigenvalue weighted by Crippen LogP contribution is -2.05. The molecule has 0 saturated heterocycles. The topological polar surface area (TPSA) is 44.9 Å². The predicted octanol–water partition coefficient (Wildman–Crippen LogP) is 11.1. The summed E-state index contributed by atoms with van der Waals surface area (Å²) in [7, 11) is 0. The molecule has 0 N–H and O–H groups in total. The van der Waals surface area contributed by atoms with Gasteiger partial charge < -0.3 is 4.74 Å². The Morgan fingerprint density at radius 2 is 1.40 bits per heavy atom. The van der Waals surface area contributed by atoms with Crippen LogP contribution in [0.4, 0.5) is 0 Å². The van der Waals surface area contributed by atoms with Crippen LogP contribution in [0.25, 0.3) is 44.4 Å². The molecule has 4 aromatic carbocycles. The molecule has 0 radical (unpaired) electrons. The maximum absolute atomic E-state index is 6.52. The second kappa shape index (κ2) is 12.8. The van der Waals surface area contributed by atoms with Crippen LogP contribution in [-0.4, -0.2) is 19.3 Å². The van der Waals surface area contributed by atoms with Crippen molar-refractivity contribution in [1.82, 2.24) is 19.3 Å². The van der Waals surface area contributed by atoms with E-state index in [-0.39, 0.29) is 0 Å². The van der Waals surface area contributed by atoms with Gasteiger partial charge in [-0.2, -0.15) is 5.10 Å². The van der Waals surface area contributed by atoms with Crippen LogP contribution >= 0.6 is 0 Å². The average Bonchev–Trinajstić information content (AvgIpc) is 3.66. The van der Waals surface area contributed by atoms with Crippen molar-refractivity contribution in [3.8, 4) is 34.1 Å². The lowest BCUT2D eigenvalue weighted by molar-refractivity contribution is 0.483. The number of hydrogen-bond donors (Lipinski definition) is 0. The monoisotopic (exact) mass is 632 g/mol. The maximum atomic E-state index is 6.52. The van der Waals surface area contributed by atoms with E-state index < -0.39 is 0 Å². The minimum absolute atomic E-state index is 0.597. The van der Waals surface area contributed by atoms with Crippen LogP contribution < -0.4 is 4.74 Å². The highest BCUT2D eigenvalue weighted by Gasteiger charge is 2.18. The molecular formula is C43H44N4O. The summed E-state index contributed by atoms with van der Waals surface area (Å²) in [6.07, 6.45) is 8.18. The summed E-state index contributed by atoms with van der Waals surface area (Å²) in [4.78, 5) is 4.72. The molecule has 0 aliphatic carbocycles. The number of nitrogens with zero attached hydrogens (tertiary/aromatic N) is 4. The standard InChI is InChI=1S/C43H44N4O/c1-27(2)19-32-22-33(20-28(3)4)31(7)43(30(32)6)34-25-45-46(26-34)35-11-10-12-36(23-35)48-37-15-16-39-38-13-8-9-14-40(38)47(41(39)24-37)42-21-29(5)17-18-44-42/h8-18,21-28H,19-20H2,1-7H3. The maximum Gasteiger partial charge on any atom is 0.137 e. The smallest absolute Gasteiger partial charge is 0.137 e. The Labute approximate surface area is 283 Å². The number of ether oxygens (including phenoxy) is 1. The van der Waals surface area contributed by atoms with Crippen LogP contribution in [0.2, 0.25) is 0 Å². The number of benzene rings is 4. The Morgan fingerprint density at radius 1 is 0.688 bits per heavy atom. The third-order valence-electron chi connectivity index (χ3n) is 9.28.